The first-order valence-corrected chi connectivity index (χ1v) is 6.10. The van der Waals surface area contributed by atoms with Gasteiger partial charge in [0, 0.05) is 12.7 Å². The topological polar surface area (TPSA) is 79.4 Å². The molecule has 0 aliphatic rings. The van der Waals surface area contributed by atoms with Crippen LogP contribution in [0, 0.1) is 13.8 Å². The van der Waals surface area contributed by atoms with Crippen LogP contribution in [-0.2, 0) is 11.8 Å². The van der Waals surface area contributed by atoms with Gasteiger partial charge in [0.1, 0.15) is 17.0 Å². The number of anilines is 1. The maximum Gasteiger partial charge on any atom is 0.341 e. The van der Waals surface area contributed by atoms with Crippen LogP contribution in [0.1, 0.15) is 21.7 Å². The van der Waals surface area contributed by atoms with E-state index in [-0.39, 0.29) is 5.56 Å². The Labute approximate surface area is 117 Å². The minimum atomic E-state index is -0.494. The summed E-state index contributed by atoms with van der Waals surface area (Å²) in [6.45, 7) is 3.74. The molecule has 0 radical (unpaired) electrons. The first-order chi connectivity index (χ1) is 9.43. The molecule has 1 heterocycles. The highest BCUT2D eigenvalue weighted by atomic mass is 16.5. The number of benzene rings is 1. The number of aromatic nitrogens is 2. The van der Waals surface area contributed by atoms with Gasteiger partial charge in [-0.3, -0.25) is 4.68 Å². The van der Waals surface area contributed by atoms with E-state index in [9.17, 15) is 4.79 Å². The highest BCUT2D eigenvalue weighted by Crippen LogP contribution is 2.31. The number of esters is 1. The van der Waals surface area contributed by atoms with Crippen LogP contribution in [0.25, 0.3) is 0 Å². The van der Waals surface area contributed by atoms with Crippen molar-refractivity contribution in [2.45, 2.75) is 13.8 Å². The fraction of sp³-hybridized carbons (Fsp3) is 0.286. The van der Waals surface area contributed by atoms with E-state index >= 15 is 0 Å². The van der Waals surface area contributed by atoms with Crippen molar-refractivity contribution in [3.05, 3.63) is 35.2 Å². The van der Waals surface area contributed by atoms with E-state index in [4.69, 9.17) is 15.2 Å². The molecule has 20 heavy (non-hydrogen) atoms. The predicted molar refractivity (Wildman–Crippen MR) is 74.9 cm³/mol. The minimum Gasteiger partial charge on any atom is -0.465 e. The standard InChI is InChI=1S/C14H17N3O3/c1-8-13(9(2)17(3)16-8)20-12-6-5-10(15)7-11(12)14(18)19-4/h5-7H,15H2,1-4H3. The van der Waals surface area contributed by atoms with Crippen LogP contribution in [0.3, 0.4) is 0 Å². The number of nitrogen functional groups attached to an aromatic ring is 1. The monoisotopic (exact) mass is 275 g/mol. The molecule has 106 valence electrons. The number of methoxy groups -OCH3 is 1. The summed E-state index contributed by atoms with van der Waals surface area (Å²) in [5.41, 5.74) is 8.07. The van der Waals surface area contributed by atoms with Crippen LogP contribution in [-0.4, -0.2) is 22.9 Å². The van der Waals surface area contributed by atoms with Crippen molar-refractivity contribution >= 4 is 11.7 Å². The van der Waals surface area contributed by atoms with Crippen LogP contribution in [0.15, 0.2) is 18.2 Å². The van der Waals surface area contributed by atoms with Crippen molar-refractivity contribution in [2.75, 3.05) is 12.8 Å². The van der Waals surface area contributed by atoms with Crippen LogP contribution in [0.5, 0.6) is 11.5 Å². The maximum absolute atomic E-state index is 11.8. The molecular formula is C14H17N3O3. The van der Waals surface area contributed by atoms with Gasteiger partial charge in [0.05, 0.1) is 12.8 Å². The first-order valence-electron chi connectivity index (χ1n) is 6.10. The van der Waals surface area contributed by atoms with Crippen LogP contribution in [0.2, 0.25) is 0 Å². The normalized spacial score (nSPS) is 10.4. The van der Waals surface area contributed by atoms with Gasteiger partial charge in [-0.25, -0.2) is 4.79 Å². The third-order valence-electron chi connectivity index (χ3n) is 3.06. The summed E-state index contributed by atoms with van der Waals surface area (Å²) < 4.78 is 12.3. The van der Waals surface area contributed by atoms with Crippen LogP contribution < -0.4 is 10.5 Å². The van der Waals surface area contributed by atoms with Gasteiger partial charge in [0.2, 0.25) is 0 Å². The summed E-state index contributed by atoms with van der Waals surface area (Å²) in [5.74, 6) is 0.527. The fourth-order valence-electron chi connectivity index (χ4n) is 1.92. The van der Waals surface area contributed by atoms with Gasteiger partial charge < -0.3 is 15.2 Å². The molecule has 6 nitrogen and oxygen atoms in total. The Kier molecular flexibility index (Phi) is 3.65. The van der Waals surface area contributed by atoms with Gasteiger partial charge in [0.25, 0.3) is 0 Å². The number of ether oxygens (including phenoxy) is 2. The number of nitrogens with zero attached hydrogens (tertiary/aromatic N) is 2. The fourth-order valence-corrected chi connectivity index (χ4v) is 1.92. The lowest BCUT2D eigenvalue weighted by Gasteiger charge is -2.11. The van der Waals surface area contributed by atoms with Crippen molar-refractivity contribution in [3.63, 3.8) is 0 Å². The Bertz CT molecular complexity index is 662. The van der Waals surface area contributed by atoms with Crippen molar-refractivity contribution in [1.29, 1.82) is 0 Å². The second-order valence-electron chi connectivity index (χ2n) is 4.47. The van der Waals surface area contributed by atoms with Crippen molar-refractivity contribution in [3.8, 4) is 11.5 Å². The Balaban J connectivity index is 2.46. The summed E-state index contributed by atoms with van der Waals surface area (Å²) in [6, 6.07) is 4.85. The number of hydrogen-bond donors (Lipinski definition) is 1. The Morgan fingerprint density at radius 1 is 1.35 bits per heavy atom. The Hall–Kier alpha value is -2.50. The average Bonchev–Trinajstić information content (AvgIpc) is 2.66. The average molecular weight is 275 g/mol. The molecule has 0 bridgehead atoms. The van der Waals surface area contributed by atoms with E-state index < -0.39 is 5.97 Å². The summed E-state index contributed by atoms with van der Waals surface area (Å²) >= 11 is 0. The third kappa shape index (κ3) is 2.45. The van der Waals surface area contributed by atoms with Gasteiger partial charge in [-0.1, -0.05) is 0 Å². The van der Waals surface area contributed by atoms with E-state index in [1.807, 2.05) is 20.9 Å². The number of nitrogens with two attached hydrogens (primary N) is 1. The summed E-state index contributed by atoms with van der Waals surface area (Å²) in [5, 5.41) is 4.27. The number of aryl methyl sites for hydroxylation is 2. The molecule has 1 aromatic heterocycles. The molecule has 1 aromatic carbocycles. The van der Waals surface area contributed by atoms with Crippen molar-refractivity contribution in [1.82, 2.24) is 9.78 Å². The lowest BCUT2D eigenvalue weighted by molar-refractivity contribution is 0.0598. The number of hydrogen-bond acceptors (Lipinski definition) is 5. The van der Waals surface area contributed by atoms with E-state index in [2.05, 4.69) is 5.10 Å². The molecule has 0 saturated heterocycles. The molecule has 0 spiro atoms. The van der Waals surface area contributed by atoms with Crippen LogP contribution >= 0.6 is 0 Å². The molecule has 2 aromatic rings. The van der Waals surface area contributed by atoms with E-state index in [0.717, 1.165) is 11.4 Å². The second kappa shape index (κ2) is 5.24. The van der Waals surface area contributed by atoms with Gasteiger partial charge in [-0.2, -0.15) is 5.10 Å². The SMILES string of the molecule is COC(=O)c1cc(N)ccc1Oc1c(C)nn(C)c1C. The van der Waals surface area contributed by atoms with Gasteiger partial charge in [-0.15, -0.1) is 0 Å². The highest BCUT2D eigenvalue weighted by molar-refractivity contribution is 5.93. The van der Waals surface area contributed by atoms with Crippen molar-refractivity contribution < 1.29 is 14.3 Å². The highest BCUT2D eigenvalue weighted by Gasteiger charge is 2.18. The quantitative estimate of drug-likeness (QED) is 0.686. The summed E-state index contributed by atoms with van der Waals surface area (Å²) in [6.07, 6.45) is 0. The molecule has 2 rings (SSSR count). The molecule has 6 heteroatoms. The molecule has 2 N–H and O–H groups in total. The summed E-state index contributed by atoms with van der Waals surface area (Å²) in [7, 11) is 3.15. The first kappa shape index (κ1) is 13.9. The zero-order valence-electron chi connectivity index (χ0n) is 11.9. The molecule has 0 unspecified atom stereocenters. The lowest BCUT2D eigenvalue weighted by atomic mass is 10.2. The summed E-state index contributed by atoms with van der Waals surface area (Å²) in [4.78, 5) is 11.8. The molecule has 0 amide bonds. The molecular weight excluding hydrogens is 258 g/mol. The Morgan fingerprint density at radius 3 is 2.60 bits per heavy atom. The zero-order valence-corrected chi connectivity index (χ0v) is 11.9. The second-order valence-corrected chi connectivity index (χ2v) is 4.47. The van der Waals surface area contributed by atoms with Crippen molar-refractivity contribution in [2.24, 2.45) is 7.05 Å². The van der Waals surface area contributed by atoms with Gasteiger partial charge in [0.15, 0.2) is 5.75 Å². The Morgan fingerprint density at radius 2 is 2.05 bits per heavy atom. The largest absolute Gasteiger partial charge is 0.465 e. The van der Waals surface area contributed by atoms with Crippen LogP contribution in [0.4, 0.5) is 5.69 Å². The number of carbonyl (C=O) groups is 1. The molecule has 0 fully saturated rings. The van der Waals surface area contributed by atoms with E-state index in [0.29, 0.717) is 17.2 Å². The van der Waals surface area contributed by atoms with E-state index in [1.165, 1.54) is 13.2 Å². The number of rotatable bonds is 3. The predicted octanol–water partition coefficient (Wildman–Crippen LogP) is 2.20. The molecule has 0 aliphatic heterocycles. The van der Waals surface area contributed by atoms with Gasteiger partial charge in [-0.05, 0) is 32.0 Å². The molecule has 0 saturated carbocycles. The molecule has 0 atom stereocenters. The zero-order chi connectivity index (χ0) is 14.9. The van der Waals surface area contributed by atoms with E-state index in [1.54, 1.807) is 16.8 Å². The molecule has 0 aliphatic carbocycles. The lowest BCUT2D eigenvalue weighted by Crippen LogP contribution is -2.05. The minimum absolute atomic E-state index is 0.287. The maximum atomic E-state index is 11.8. The third-order valence-corrected chi connectivity index (χ3v) is 3.06. The number of carbonyl (C=O) groups excluding carboxylic acids is 1. The van der Waals surface area contributed by atoms with Gasteiger partial charge >= 0.3 is 5.97 Å². The smallest absolute Gasteiger partial charge is 0.341 e.